The highest BCUT2D eigenvalue weighted by Crippen LogP contribution is 2.41. The third-order valence-corrected chi connectivity index (χ3v) is 4.44. The molecule has 130 valence electrons. The van der Waals surface area contributed by atoms with E-state index in [1.54, 1.807) is 16.5 Å². The summed E-state index contributed by atoms with van der Waals surface area (Å²) >= 11 is 3.50. The first kappa shape index (κ1) is 17.4. The number of hydrogen-bond donors (Lipinski definition) is 1. The van der Waals surface area contributed by atoms with Gasteiger partial charge in [-0.05, 0) is 48.0 Å². The van der Waals surface area contributed by atoms with Gasteiger partial charge in [0.05, 0.1) is 28.8 Å². The van der Waals surface area contributed by atoms with E-state index in [-0.39, 0.29) is 5.56 Å². The number of halogens is 1. The number of aromatic carboxylic acids is 1. The van der Waals surface area contributed by atoms with Crippen molar-refractivity contribution in [2.45, 2.75) is 13.8 Å². The minimum Gasteiger partial charge on any atom is -0.493 e. The molecular formula is C19H18BrNO4. The first-order valence-corrected chi connectivity index (χ1v) is 8.78. The van der Waals surface area contributed by atoms with E-state index >= 15 is 0 Å². The van der Waals surface area contributed by atoms with E-state index in [1.165, 1.54) is 0 Å². The summed E-state index contributed by atoms with van der Waals surface area (Å²) < 4.78 is 13.9. The molecular weight excluding hydrogens is 386 g/mol. The van der Waals surface area contributed by atoms with Gasteiger partial charge in [-0.25, -0.2) is 4.79 Å². The standard InChI is InChI=1S/C19H18BrNO4/c1-3-24-16-10-17(25-4-2)14(20)9-12(16)13-11-21-8-6-5-7-15(21)18(13)19(22)23/h5-11H,3-4H2,1-2H3,(H,22,23). The zero-order valence-electron chi connectivity index (χ0n) is 14.0. The van der Waals surface area contributed by atoms with Crippen LogP contribution < -0.4 is 9.47 Å². The Morgan fingerprint density at radius 1 is 1.12 bits per heavy atom. The smallest absolute Gasteiger partial charge is 0.338 e. The molecule has 0 atom stereocenters. The average Bonchev–Trinajstić information content (AvgIpc) is 2.97. The zero-order valence-corrected chi connectivity index (χ0v) is 15.5. The second-order valence-electron chi connectivity index (χ2n) is 5.36. The predicted octanol–water partition coefficient (Wildman–Crippen LogP) is 4.86. The molecule has 0 saturated heterocycles. The van der Waals surface area contributed by atoms with Gasteiger partial charge >= 0.3 is 5.97 Å². The number of rotatable bonds is 6. The lowest BCUT2D eigenvalue weighted by atomic mass is 10.0. The van der Waals surface area contributed by atoms with Crippen LogP contribution in [0.5, 0.6) is 11.5 Å². The fourth-order valence-electron chi connectivity index (χ4n) is 2.84. The maximum absolute atomic E-state index is 11.9. The van der Waals surface area contributed by atoms with Gasteiger partial charge in [0.25, 0.3) is 0 Å². The van der Waals surface area contributed by atoms with Crippen molar-refractivity contribution in [3.05, 3.63) is 52.8 Å². The van der Waals surface area contributed by atoms with Crippen molar-refractivity contribution in [1.29, 1.82) is 0 Å². The van der Waals surface area contributed by atoms with Gasteiger partial charge in [0.1, 0.15) is 11.5 Å². The Hall–Kier alpha value is -2.47. The Bertz CT molecular complexity index is 933. The summed E-state index contributed by atoms with van der Waals surface area (Å²) in [5.41, 5.74) is 2.19. The average molecular weight is 404 g/mol. The van der Waals surface area contributed by atoms with E-state index in [1.807, 2.05) is 44.4 Å². The van der Waals surface area contributed by atoms with Crippen LogP contribution >= 0.6 is 15.9 Å². The minimum absolute atomic E-state index is 0.248. The van der Waals surface area contributed by atoms with Gasteiger partial charge in [-0.1, -0.05) is 6.07 Å². The Balaban J connectivity index is 2.28. The molecule has 0 aliphatic rings. The predicted molar refractivity (Wildman–Crippen MR) is 99.8 cm³/mol. The molecule has 0 saturated carbocycles. The largest absolute Gasteiger partial charge is 0.493 e. The maximum Gasteiger partial charge on any atom is 0.338 e. The molecule has 25 heavy (non-hydrogen) atoms. The molecule has 0 amide bonds. The van der Waals surface area contributed by atoms with Gasteiger partial charge in [-0.2, -0.15) is 0 Å². The molecule has 0 aliphatic heterocycles. The number of pyridine rings is 1. The number of ether oxygens (including phenoxy) is 2. The summed E-state index contributed by atoms with van der Waals surface area (Å²) in [7, 11) is 0. The number of carboxylic acid groups (broad SMARTS) is 1. The third-order valence-electron chi connectivity index (χ3n) is 3.82. The van der Waals surface area contributed by atoms with E-state index < -0.39 is 5.97 Å². The van der Waals surface area contributed by atoms with Crippen molar-refractivity contribution in [2.24, 2.45) is 0 Å². The van der Waals surface area contributed by atoms with Gasteiger partial charge in [-0.3, -0.25) is 0 Å². The maximum atomic E-state index is 11.9. The second kappa shape index (κ2) is 7.19. The van der Waals surface area contributed by atoms with Crippen molar-refractivity contribution >= 4 is 27.4 Å². The van der Waals surface area contributed by atoms with Crippen LogP contribution in [0.3, 0.4) is 0 Å². The first-order valence-electron chi connectivity index (χ1n) is 7.99. The van der Waals surface area contributed by atoms with Crippen LogP contribution in [0.2, 0.25) is 0 Å². The molecule has 5 nitrogen and oxygen atoms in total. The number of carboxylic acids is 1. The van der Waals surface area contributed by atoms with Gasteiger partial charge in [0.2, 0.25) is 0 Å². The van der Waals surface area contributed by atoms with Crippen molar-refractivity contribution in [3.8, 4) is 22.6 Å². The van der Waals surface area contributed by atoms with Gasteiger partial charge in [0, 0.05) is 29.6 Å². The second-order valence-corrected chi connectivity index (χ2v) is 6.22. The van der Waals surface area contributed by atoms with Gasteiger partial charge < -0.3 is 19.0 Å². The SMILES string of the molecule is CCOc1cc(OCC)c(-c2cn3ccccc3c2C(=O)O)cc1Br. The topological polar surface area (TPSA) is 60.2 Å². The van der Waals surface area contributed by atoms with Crippen LogP contribution in [0, 0.1) is 0 Å². The molecule has 0 unspecified atom stereocenters. The Morgan fingerprint density at radius 2 is 1.84 bits per heavy atom. The number of aromatic nitrogens is 1. The molecule has 1 N–H and O–H groups in total. The molecule has 1 aromatic carbocycles. The van der Waals surface area contributed by atoms with E-state index in [2.05, 4.69) is 15.9 Å². The molecule has 0 fully saturated rings. The Kier molecular flexibility index (Phi) is 4.99. The van der Waals surface area contributed by atoms with Crippen LogP contribution in [0.1, 0.15) is 24.2 Å². The van der Waals surface area contributed by atoms with Gasteiger partial charge in [0.15, 0.2) is 0 Å². The summed E-state index contributed by atoms with van der Waals surface area (Å²) in [6, 6.07) is 9.11. The number of hydrogen-bond acceptors (Lipinski definition) is 3. The molecule has 3 aromatic rings. The van der Waals surface area contributed by atoms with E-state index in [0.29, 0.717) is 41.4 Å². The molecule has 3 rings (SSSR count). The van der Waals surface area contributed by atoms with Gasteiger partial charge in [-0.15, -0.1) is 0 Å². The van der Waals surface area contributed by atoms with Crippen LogP contribution in [0.15, 0.2) is 47.2 Å². The highest BCUT2D eigenvalue weighted by atomic mass is 79.9. The van der Waals surface area contributed by atoms with Crippen LogP contribution in [-0.4, -0.2) is 28.7 Å². The molecule has 0 bridgehead atoms. The van der Waals surface area contributed by atoms with Crippen molar-refractivity contribution in [2.75, 3.05) is 13.2 Å². The number of benzene rings is 1. The molecule has 0 radical (unpaired) electrons. The van der Waals surface area contributed by atoms with Crippen LogP contribution in [0.25, 0.3) is 16.6 Å². The quantitative estimate of drug-likeness (QED) is 0.637. The van der Waals surface area contributed by atoms with E-state index in [9.17, 15) is 9.90 Å². The molecule has 2 aromatic heterocycles. The minimum atomic E-state index is -0.976. The zero-order chi connectivity index (χ0) is 18.0. The highest BCUT2D eigenvalue weighted by molar-refractivity contribution is 9.10. The highest BCUT2D eigenvalue weighted by Gasteiger charge is 2.22. The van der Waals surface area contributed by atoms with Crippen LogP contribution in [0.4, 0.5) is 0 Å². The summed E-state index contributed by atoms with van der Waals surface area (Å²) in [5.74, 6) is 0.277. The normalized spacial score (nSPS) is 10.8. The van der Waals surface area contributed by atoms with Crippen molar-refractivity contribution in [3.63, 3.8) is 0 Å². The summed E-state index contributed by atoms with van der Waals surface area (Å²) in [6.45, 7) is 4.79. The van der Waals surface area contributed by atoms with E-state index in [4.69, 9.17) is 9.47 Å². The molecule has 0 spiro atoms. The third kappa shape index (κ3) is 3.22. The molecule has 2 heterocycles. The first-order chi connectivity index (χ1) is 12.1. The van der Waals surface area contributed by atoms with Crippen molar-refractivity contribution < 1.29 is 19.4 Å². The Labute approximate surface area is 153 Å². The van der Waals surface area contributed by atoms with E-state index in [0.717, 1.165) is 4.47 Å². The monoisotopic (exact) mass is 403 g/mol. The summed E-state index contributed by atoms with van der Waals surface area (Å²) in [4.78, 5) is 11.9. The summed E-state index contributed by atoms with van der Waals surface area (Å²) in [6.07, 6.45) is 3.64. The number of carbonyl (C=O) groups is 1. The number of nitrogens with zero attached hydrogens (tertiary/aromatic N) is 1. The molecule has 0 aliphatic carbocycles. The fourth-order valence-corrected chi connectivity index (χ4v) is 3.30. The van der Waals surface area contributed by atoms with Crippen LogP contribution in [-0.2, 0) is 0 Å². The lowest BCUT2D eigenvalue weighted by Gasteiger charge is -2.14. The lowest BCUT2D eigenvalue weighted by molar-refractivity contribution is 0.0700. The molecule has 6 heteroatoms. The Morgan fingerprint density at radius 3 is 2.52 bits per heavy atom. The number of fused-ring (bicyclic) bond motifs is 1. The fraction of sp³-hybridized carbons (Fsp3) is 0.211. The summed E-state index contributed by atoms with van der Waals surface area (Å²) in [5, 5.41) is 9.75. The van der Waals surface area contributed by atoms with Crippen molar-refractivity contribution in [1.82, 2.24) is 4.40 Å². The lowest BCUT2D eigenvalue weighted by Crippen LogP contribution is -2.01.